The van der Waals surface area contributed by atoms with Gasteiger partial charge < -0.3 is 4.90 Å². The number of tetrazole rings is 1. The van der Waals surface area contributed by atoms with Gasteiger partial charge in [-0.2, -0.15) is 0 Å². The summed E-state index contributed by atoms with van der Waals surface area (Å²) in [7, 11) is 3.30. The highest BCUT2D eigenvalue weighted by Crippen LogP contribution is 2.20. The van der Waals surface area contributed by atoms with Crippen molar-refractivity contribution in [2.45, 2.75) is 5.16 Å². The van der Waals surface area contributed by atoms with E-state index in [0.29, 0.717) is 10.8 Å². The molecular weight excluding hydrogens is 296 g/mol. The summed E-state index contributed by atoms with van der Waals surface area (Å²) in [5.41, 5.74) is 0.571. The van der Waals surface area contributed by atoms with E-state index < -0.39 is 4.92 Å². The molecule has 0 bridgehead atoms. The fraction of sp³-hybridized carbons (Fsp3) is 0.273. The van der Waals surface area contributed by atoms with Crippen molar-refractivity contribution in [1.82, 2.24) is 20.2 Å². The van der Waals surface area contributed by atoms with Crippen molar-refractivity contribution in [2.75, 3.05) is 17.7 Å². The summed E-state index contributed by atoms with van der Waals surface area (Å²) in [5, 5.41) is 22.0. The second-order valence-corrected chi connectivity index (χ2v) is 5.04. The fourth-order valence-electron chi connectivity index (χ4n) is 1.51. The van der Waals surface area contributed by atoms with Crippen molar-refractivity contribution in [3.05, 3.63) is 34.4 Å². The maximum absolute atomic E-state index is 12.1. The van der Waals surface area contributed by atoms with Gasteiger partial charge in [-0.15, -0.1) is 5.10 Å². The highest BCUT2D eigenvalue weighted by atomic mass is 32.2. The van der Waals surface area contributed by atoms with E-state index in [9.17, 15) is 14.9 Å². The number of aryl methyl sites for hydroxylation is 1. The average molecular weight is 308 g/mol. The van der Waals surface area contributed by atoms with Crippen molar-refractivity contribution in [1.29, 1.82) is 0 Å². The molecule has 0 spiro atoms. The minimum atomic E-state index is -0.484. The highest BCUT2D eigenvalue weighted by molar-refractivity contribution is 7.99. The third-order valence-corrected chi connectivity index (χ3v) is 3.72. The number of amides is 1. The predicted octanol–water partition coefficient (Wildman–Crippen LogP) is 0.873. The predicted molar refractivity (Wildman–Crippen MR) is 76.0 cm³/mol. The van der Waals surface area contributed by atoms with Crippen LogP contribution in [0.4, 0.5) is 11.4 Å². The first-order valence-corrected chi connectivity index (χ1v) is 6.84. The standard InChI is InChI=1S/C11H12N6O3S/c1-15(8-3-5-9(6-4-8)17(19)20)10(18)7-21-11-12-13-14-16(11)2/h3-6H,7H2,1-2H3. The smallest absolute Gasteiger partial charge is 0.269 e. The van der Waals surface area contributed by atoms with Gasteiger partial charge in [0.25, 0.3) is 5.69 Å². The molecule has 10 heteroatoms. The van der Waals surface area contributed by atoms with Crippen LogP contribution in [0.3, 0.4) is 0 Å². The SMILES string of the molecule is CN(C(=O)CSc1nnnn1C)c1ccc([N+](=O)[O-])cc1. The van der Waals surface area contributed by atoms with Crippen LogP contribution in [-0.2, 0) is 11.8 Å². The number of rotatable bonds is 5. The van der Waals surface area contributed by atoms with E-state index in [2.05, 4.69) is 15.5 Å². The largest absolute Gasteiger partial charge is 0.315 e. The first-order valence-electron chi connectivity index (χ1n) is 5.85. The first kappa shape index (κ1) is 14.9. The van der Waals surface area contributed by atoms with Gasteiger partial charge in [0.1, 0.15) is 0 Å². The van der Waals surface area contributed by atoms with Crippen molar-refractivity contribution < 1.29 is 9.72 Å². The second-order valence-electron chi connectivity index (χ2n) is 4.10. The third-order valence-electron chi connectivity index (χ3n) is 2.73. The Kier molecular flexibility index (Phi) is 4.48. The van der Waals surface area contributed by atoms with Gasteiger partial charge in [-0.1, -0.05) is 11.8 Å². The summed E-state index contributed by atoms with van der Waals surface area (Å²) in [6.45, 7) is 0. The van der Waals surface area contributed by atoms with Crippen LogP contribution in [0, 0.1) is 10.1 Å². The average Bonchev–Trinajstić information content (AvgIpc) is 2.89. The Labute approximate surface area is 124 Å². The van der Waals surface area contributed by atoms with E-state index in [1.165, 1.54) is 45.6 Å². The molecule has 110 valence electrons. The monoisotopic (exact) mass is 308 g/mol. The number of hydrogen-bond donors (Lipinski definition) is 0. The number of nitro benzene ring substituents is 1. The molecule has 21 heavy (non-hydrogen) atoms. The zero-order valence-electron chi connectivity index (χ0n) is 11.3. The lowest BCUT2D eigenvalue weighted by Crippen LogP contribution is -2.28. The molecule has 0 aliphatic heterocycles. The van der Waals surface area contributed by atoms with Gasteiger partial charge in [0.2, 0.25) is 11.1 Å². The summed E-state index contributed by atoms with van der Waals surface area (Å²) < 4.78 is 1.48. The Bertz CT molecular complexity index is 656. The van der Waals surface area contributed by atoms with Gasteiger partial charge in [-0.3, -0.25) is 14.9 Å². The number of non-ortho nitro benzene ring substituents is 1. The van der Waals surface area contributed by atoms with Crippen LogP contribution < -0.4 is 4.90 Å². The lowest BCUT2D eigenvalue weighted by Gasteiger charge is -2.16. The Morgan fingerprint density at radius 2 is 2.10 bits per heavy atom. The number of anilines is 1. The van der Waals surface area contributed by atoms with Crippen LogP contribution in [0.15, 0.2) is 29.4 Å². The molecule has 9 nitrogen and oxygen atoms in total. The summed E-state index contributed by atoms with van der Waals surface area (Å²) in [6.07, 6.45) is 0. The van der Waals surface area contributed by atoms with Crippen molar-refractivity contribution in [2.24, 2.45) is 7.05 Å². The summed E-state index contributed by atoms with van der Waals surface area (Å²) in [4.78, 5) is 23.6. The lowest BCUT2D eigenvalue weighted by atomic mass is 10.2. The van der Waals surface area contributed by atoms with Gasteiger partial charge >= 0.3 is 0 Å². The van der Waals surface area contributed by atoms with E-state index in [-0.39, 0.29) is 17.3 Å². The topological polar surface area (TPSA) is 107 Å². The number of nitrogens with zero attached hydrogens (tertiary/aromatic N) is 6. The van der Waals surface area contributed by atoms with E-state index in [1.807, 2.05) is 0 Å². The molecule has 2 rings (SSSR count). The zero-order valence-corrected chi connectivity index (χ0v) is 12.1. The van der Waals surface area contributed by atoms with Crippen LogP contribution in [0.1, 0.15) is 0 Å². The minimum absolute atomic E-state index is 0.0147. The quantitative estimate of drug-likeness (QED) is 0.458. The van der Waals surface area contributed by atoms with Gasteiger partial charge in [-0.05, 0) is 22.6 Å². The van der Waals surface area contributed by atoms with Crippen LogP contribution >= 0.6 is 11.8 Å². The highest BCUT2D eigenvalue weighted by Gasteiger charge is 2.14. The number of thioether (sulfide) groups is 1. The maximum Gasteiger partial charge on any atom is 0.269 e. The zero-order chi connectivity index (χ0) is 15.4. The molecule has 0 aliphatic rings. The number of carbonyl (C=O) groups excluding carboxylic acids is 1. The molecule has 1 amide bonds. The van der Waals surface area contributed by atoms with Crippen molar-refractivity contribution in [3.8, 4) is 0 Å². The number of hydrogen-bond acceptors (Lipinski definition) is 7. The summed E-state index contributed by atoms with van der Waals surface area (Å²) in [5.74, 6) is 0.0127. The van der Waals surface area contributed by atoms with E-state index in [4.69, 9.17) is 0 Å². The van der Waals surface area contributed by atoms with Gasteiger partial charge in [0.15, 0.2) is 0 Å². The molecule has 0 radical (unpaired) electrons. The molecule has 0 aliphatic carbocycles. The van der Waals surface area contributed by atoms with E-state index in [0.717, 1.165) is 0 Å². The molecule has 2 aromatic rings. The number of nitro groups is 1. The molecule has 1 aromatic heterocycles. The van der Waals surface area contributed by atoms with Crippen molar-refractivity contribution >= 4 is 29.0 Å². The number of aromatic nitrogens is 4. The molecule has 1 aromatic carbocycles. The van der Waals surface area contributed by atoms with Gasteiger partial charge in [-0.25, -0.2) is 4.68 Å². The maximum atomic E-state index is 12.1. The Morgan fingerprint density at radius 1 is 1.43 bits per heavy atom. The molecule has 0 N–H and O–H groups in total. The third kappa shape index (κ3) is 3.54. The molecular formula is C11H12N6O3S. The van der Waals surface area contributed by atoms with E-state index in [1.54, 1.807) is 14.1 Å². The summed E-state index contributed by atoms with van der Waals surface area (Å²) in [6, 6.07) is 5.78. The van der Waals surface area contributed by atoms with Crippen molar-refractivity contribution in [3.63, 3.8) is 0 Å². The fourth-order valence-corrected chi connectivity index (χ4v) is 2.27. The van der Waals surface area contributed by atoms with Gasteiger partial charge in [0, 0.05) is 31.9 Å². The molecule has 0 unspecified atom stereocenters. The minimum Gasteiger partial charge on any atom is -0.315 e. The first-order chi connectivity index (χ1) is 9.99. The Hall–Kier alpha value is -2.49. The molecule has 0 saturated heterocycles. The second kappa shape index (κ2) is 6.31. The molecule has 1 heterocycles. The lowest BCUT2D eigenvalue weighted by molar-refractivity contribution is -0.384. The molecule has 0 atom stereocenters. The number of carbonyl (C=O) groups is 1. The Morgan fingerprint density at radius 3 is 2.62 bits per heavy atom. The van der Waals surface area contributed by atoms with Crippen LogP contribution in [-0.4, -0.2) is 43.8 Å². The Balaban J connectivity index is 1.98. The molecule has 0 fully saturated rings. The van der Waals surface area contributed by atoms with Crippen LogP contribution in [0.2, 0.25) is 0 Å². The molecule has 0 saturated carbocycles. The van der Waals surface area contributed by atoms with Gasteiger partial charge in [0.05, 0.1) is 10.7 Å². The van der Waals surface area contributed by atoms with Crippen LogP contribution in [0.5, 0.6) is 0 Å². The normalized spacial score (nSPS) is 10.4. The number of benzene rings is 1. The van der Waals surface area contributed by atoms with E-state index >= 15 is 0 Å². The van der Waals surface area contributed by atoms with Crippen LogP contribution in [0.25, 0.3) is 0 Å². The summed E-state index contributed by atoms with van der Waals surface area (Å²) >= 11 is 1.22.